The molecule has 1 saturated heterocycles. The molecule has 7 nitrogen and oxygen atoms in total. The average molecular weight is 405 g/mol. The van der Waals surface area contributed by atoms with E-state index in [1.54, 1.807) is 26.0 Å². The first kappa shape index (κ1) is 19.6. The topological polar surface area (TPSA) is 85.5 Å². The van der Waals surface area contributed by atoms with Crippen LogP contribution in [-0.4, -0.2) is 47.3 Å². The highest BCUT2D eigenvalue weighted by atomic mass is 32.2. The molecule has 1 aromatic heterocycles. The Hall–Kier alpha value is -2.14. The van der Waals surface area contributed by atoms with Crippen LogP contribution in [0, 0.1) is 0 Å². The van der Waals surface area contributed by atoms with Crippen molar-refractivity contribution in [2.45, 2.75) is 37.8 Å². The minimum absolute atomic E-state index is 0.177. The lowest BCUT2D eigenvalue weighted by atomic mass is 10.2. The van der Waals surface area contributed by atoms with Gasteiger partial charge in [0.2, 0.25) is 15.8 Å². The molecule has 0 N–H and O–H groups in total. The van der Waals surface area contributed by atoms with Gasteiger partial charge in [-0.3, -0.25) is 0 Å². The summed E-state index contributed by atoms with van der Waals surface area (Å²) in [5.41, 5.74) is 0.344. The Morgan fingerprint density at radius 1 is 1.26 bits per heavy atom. The molecule has 0 radical (unpaired) electrons. The van der Waals surface area contributed by atoms with E-state index in [-0.39, 0.29) is 18.5 Å². The Morgan fingerprint density at radius 3 is 2.48 bits per heavy atom. The van der Waals surface area contributed by atoms with E-state index in [4.69, 9.17) is 4.74 Å². The van der Waals surface area contributed by atoms with E-state index in [0.29, 0.717) is 24.3 Å². The van der Waals surface area contributed by atoms with Gasteiger partial charge in [0.25, 0.3) is 0 Å². The lowest BCUT2D eigenvalue weighted by molar-refractivity contribution is -0.159. The second-order valence-electron chi connectivity index (χ2n) is 6.43. The Bertz CT molecular complexity index is 894. The van der Waals surface area contributed by atoms with Gasteiger partial charge < -0.3 is 9.26 Å². The quantitative estimate of drug-likeness (QED) is 0.760. The molecule has 2 aromatic rings. The first-order valence-corrected chi connectivity index (χ1v) is 9.74. The van der Waals surface area contributed by atoms with Crippen molar-refractivity contribution in [2.75, 3.05) is 13.1 Å². The minimum atomic E-state index is -4.70. The molecule has 2 heterocycles. The minimum Gasteiger partial charge on any atom is -0.489 e. The van der Waals surface area contributed by atoms with Crippen LogP contribution in [0.2, 0.25) is 0 Å². The summed E-state index contributed by atoms with van der Waals surface area (Å²) in [5, 5.41) is 2.83. The van der Waals surface area contributed by atoms with Crippen molar-refractivity contribution in [3.05, 3.63) is 30.2 Å². The molecule has 3 rings (SSSR count). The van der Waals surface area contributed by atoms with Crippen LogP contribution in [0.5, 0.6) is 5.75 Å². The molecule has 0 spiro atoms. The summed E-state index contributed by atoms with van der Waals surface area (Å²) in [4.78, 5) is 3.32. The SMILES string of the molecule is CC(C)S(=O)(=O)N1CCC(Oc2ccc(-c3noc(C(F)(F)F)n3)cc2)C1. The van der Waals surface area contributed by atoms with E-state index in [1.165, 1.54) is 16.4 Å². The van der Waals surface area contributed by atoms with Crippen LogP contribution in [0.3, 0.4) is 0 Å². The van der Waals surface area contributed by atoms with Crippen LogP contribution in [0.15, 0.2) is 28.8 Å². The maximum absolute atomic E-state index is 12.5. The molecule has 1 aliphatic rings. The second-order valence-corrected chi connectivity index (χ2v) is 8.91. The lowest BCUT2D eigenvalue weighted by Gasteiger charge is -2.19. The number of hydrogen-bond acceptors (Lipinski definition) is 6. The molecule has 1 atom stereocenters. The molecule has 148 valence electrons. The number of hydrogen-bond donors (Lipinski definition) is 0. The fourth-order valence-corrected chi connectivity index (χ4v) is 3.98. The standard InChI is InChI=1S/C16H18F3N3O4S/c1-10(2)27(23,24)22-8-7-13(9-22)25-12-5-3-11(4-6-12)14-20-15(26-21-14)16(17,18)19/h3-6,10,13H,7-9H2,1-2H3. The van der Waals surface area contributed by atoms with Gasteiger partial charge >= 0.3 is 12.1 Å². The zero-order valence-corrected chi connectivity index (χ0v) is 15.4. The molecular formula is C16H18F3N3O4S. The van der Waals surface area contributed by atoms with Gasteiger partial charge in [0, 0.05) is 12.1 Å². The number of rotatable bonds is 5. The normalized spacial score (nSPS) is 19.0. The van der Waals surface area contributed by atoms with E-state index < -0.39 is 27.3 Å². The summed E-state index contributed by atoms with van der Waals surface area (Å²) >= 11 is 0. The van der Waals surface area contributed by atoms with E-state index in [1.807, 2.05) is 0 Å². The Kier molecular flexibility index (Phi) is 5.17. The summed E-state index contributed by atoms with van der Waals surface area (Å²) in [7, 11) is -3.32. The zero-order chi connectivity index (χ0) is 19.8. The summed E-state index contributed by atoms with van der Waals surface area (Å²) in [5.74, 6) is -1.11. The average Bonchev–Trinajstić information content (AvgIpc) is 3.24. The molecule has 1 aromatic carbocycles. The van der Waals surface area contributed by atoms with Gasteiger partial charge in [0.05, 0.1) is 11.8 Å². The van der Waals surface area contributed by atoms with E-state index >= 15 is 0 Å². The fourth-order valence-electron chi connectivity index (χ4n) is 2.65. The summed E-state index contributed by atoms with van der Waals surface area (Å²) in [6.45, 7) is 3.92. The van der Waals surface area contributed by atoms with Crippen molar-refractivity contribution in [3.63, 3.8) is 0 Å². The van der Waals surface area contributed by atoms with Crippen molar-refractivity contribution < 1.29 is 30.8 Å². The van der Waals surface area contributed by atoms with E-state index in [9.17, 15) is 21.6 Å². The molecule has 1 fully saturated rings. The largest absolute Gasteiger partial charge is 0.489 e. The zero-order valence-electron chi connectivity index (χ0n) is 14.6. The van der Waals surface area contributed by atoms with Gasteiger partial charge in [0.1, 0.15) is 11.9 Å². The van der Waals surface area contributed by atoms with Gasteiger partial charge in [-0.25, -0.2) is 8.42 Å². The molecule has 0 amide bonds. The third-order valence-corrected chi connectivity index (χ3v) is 6.39. The first-order valence-electron chi connectivity index (χ1n) is 8.24. The predicted octanol–water partition coefficient (Wildman–Crippen LogP) is 2.95. The van der Waals surface area contributed by atoms with Crippen molar-refractivity contribution >= 4 is 10.0 Å². The van der Waals surface area contributed by atoms with Crippen molar-refractivity contribution in [2.24, 2.45) is 0 Å². The summed E-state index contributed by atoms with van der Waals surface area (Å²) in [6.07, 6.45) is -4.42. The Labute approximate surface area is 154 Å². The number of sulfonamides is 1. The summed E-state index contributed by atoms with van der Waals surface area (Å²) in [6, 6.07) is 6.16. The number of alkyl halides is 3. The van der Waals surface area contributed by atoms with Gasteiger partial charge in [-0.1, -0.05) is 5.16 Å². The van der Waals surface area contributed by atoms with Gasteiger partial charge in [-0.05, 0) is 44.5 Å². The molecule has 0 aliphatic carbocycles. The maximum atomic E-state index is 12.5. The Morgan fingerprint density at radius 2 is 1.93 bits per heavy atom. The van der Waals surface area contributed by atoms with Gasteiger partial charge in [0.15, 0.2) is 0 Å². The third-order valence-electron chi connectivity index (χ3n) is 4.15. The molecule has 1 aliphatic heterocycles. The van der Waals surface area contributed by atoms with E-state index in [0.717, 1.165) is 0 Å². The van der Waals surface area contributed by atoms with Crippen LogP contribution >= 0.6 is 0 Å². The molecule has 1 unspecified atom stereocenters. The number of benzene rings is 1. The van der Waals surface area contributed by atoms with Crippen LogP contribution in [0.25, 0.3) is 11.4 Å². The second kappa shape index (κ2) is 7.12. The number of nitrogens with zero attached hydrogens (tertiary/aromatic N) is 3. The maximum Gasteiger partial charge on any atom is 0.471 e. The van der Waals surface area contributed by atoms with Crippen LogP contribution < -0.4 is 4.74 Å². The number of ether oxygens (including phenoxy) is 1. The van der Waals surface area contributed by atoms with Crippen LogP contribution in [0.1, 0.15) is 26.2 Å². The van der Waals surface area contributed by atoms with Gasteiger partial charge in [-0.15, -0.1) is 0 Å². The van der Waals surface area contributed by atoms with E-state index in [2.05, 4.69) is 14.7 Å². The molecule has 0 saturated carbocycles. The number of halogens is 3. The lowest BCUT2D eigenvalue weighted by Crippen LogP contribution is -2.35. The number of aromatic nitrogens is 2. The monoisotopic (exact) mass is 405 g/mol. The molecule has 11 heteroatoms. The highest BCUT2D eigenvalue weighted by Crippen LogP contribution is 2.30. The first-order chi connectivity index (χ1) is 12.6. The van der Waals surface area contributed by atoms with Crippen molar-refractivity contribution in [1.82, 2.24) is 14.4 Å². The third kappa shape index (κ3) is 4.24. The van der Waals surface area contributed by atoms with Gasteiger partial charge in [-0.2, -0.15) is 22.5 Å². The Balaban J connectivity index is 1.64. The van der Waals surface area contributed by atoms with Crippen LogP contribution in [0.4, 0.5) is 13.2 Å². The van der Waals surface area contributed by atoms with Crippen molar-refractivity contribution in [3.8, 4) is 17.1 Å². The smallest absolute Gasteiger partial charge is 0.471 e. The highest BCUT2D eigenvalue weighted by Gasteiger charge is 2.38. The molecule has 27 heavy (non-hydrogen) atoms. The highest BCUT2D eigenvalue weighted by molar-refractivity contribution is 7.89. The fraction of sp³-hybridized carbons (Fsp3) is 0.500. The molecular weight excluding hydrogens is 387 g/mol. The summed E-state index contributed by atoms with van der Waals surface area (Å²) < 4.78 is 73.3. The molecule has 0 bridgehead atoms. The predicted molar refractivity (Wildman–Crippen MR) is 89.4 cm³/mol. The van der Waals surface area contributed by atoms with Crippen molar-refractivity contribution in [1.29, 1.82) is 0 Å². The van der Waals surface area contributed by atoms with Crippen LogP contribution in [-0.2, 0) is 16.2 Å².